The quantitative estimate of drug-likeness (QED) is 0.771. The van der Waals surface area contributed by atoms with Gasteiger partial charge in [-0.3, -0.25) is 4.79 Å². The normalized spacial score (nSPS) is 13.6. The van der Waals surface area contributed by atoms with Crippen LogP contribution in [0, 0.1) is 0 Å². The Morgan fingerprint density at radius 2 is 1.95 bits per heavy atom. The van der Waals surface area contributed by atoms with Crippen molar-refractivity contribution < 1.29 is 4.79 Å². The van der Waals surface area contributed by atoms with E-state index in [1.807, 2.05) is 36.4 Å². The van der Waals surface area contributed by atoms with Gasteiger partial charge in [-0.2, -0.15) is 0 Å². The molecule has 1 fully saturated rings. The van der Waals surface area contributed by atoms with E-state index >= 15 is 0 Å². The van der Waals surface area contributed by atoms with Crippen LogP contribution in [0.5, 0.6) is 0 Å². The summed E-state index contributed by atoms with van der Waals surface area (Å²) in [5.74, 6) is 2.35. The molecule has 1 aromatic heterocycles. The standard InChI is InChI=1S/C17H20N4O/c22-17(14-5-2-1-3-6-14)20-11-4-10-18-15-9-12-19-16(21-15)13-7-8-13/h1-3,5-6,9,12-13H,4,7-8,10-11H2,(H,20,22)(H,18,19,21). The summed E-state index contributed by atoms with van der Waals surface area (Å²) in [5.41, 5.74) is 0.695. The minimum Gasteiger partial charge on any atom is -0.370 e. The molecule has 0 bridgehead atoms. The fourth-order valence-electron chi connectivity index (χ4n) is 2.21. The molecule has 1 saturated carbocycles. The molecule has 5 nitrogen and oxygen atoms in total. The average Bonchev–Trinajstić information content (AvgIpc) is 3.40. The Morgan fingerprint density at radius 1 is 1.14 bits per heavy atom. The van der Waals surface area contributed by atoms with Crippen LogP contribution >= 0.6 is 0 Å². The summed E-state index contributed by atoms with van der Waals surface area (Å²) < 4.78 is 0. The Morgan fingerprint density at radius 3 is 2.73 bits per heavy atom. The van der Waals surface area contributed by atoms with E-state index in [9.17, 15) is 4.79 Å². The molecule has 0 saturated heterocycles. The number of carbonyl (C=O) groups excluding carboxylic acids is 1. The number of amides is 1. The molecule has 1 heterocycles. The molecule has 3 rings (SSSR count). The van der Waals surface area contributed by atoms with E-state index in [1.165, 1.54) is 12.8 Å². The lowest BCUT2D eigenvalue weighted by molar-refractivity contribution is 0.0953. The summed E-state index contributed by atoms with van der Waals surface area (Å²) in [6.45, 7) is 1.41. The van der Waals surface area contributed by atoms with Gasteiger partial charge in [-0.05, 0) is 37.5 Å². The molecular formula is C17H20N4O. The van der Waals surface area contributed by atoms with Crippen LogP contribution in [0.4, 0.5) is 5.82 Å². The zero-order chi connectivity index (χ0) is 15.2. The summed E-state index contributed by atoms with van der Waals surface area (Å²) in [6, 6.07) is 11.1. The first kappa shape index (κ1) is 14.5. The second-order valence-corrected chi connectivity index (χ2v) is 5.48. The van der Waals surface area contributed by atoms with Gasteiger partial charge in [0.1, 0.15) is 11.6 Å². The Hall–Kier alpha value is -2.43. The summed E-state index contributed by atoms with van der Waals surface area (Å²) in [4.78, 5) is 20.7. The number of nitrogens with one attached hydrogen (secondary N) is 2. The number of hydrogen-bond acceptors (Lipinski definition) is 4. The van der Waals surface area contributed by atoms with E-state index in [0.29, 0.717) is 18.0 Å². The number of benzene rings is 1. The van der Waals surface area contributed by atoms with E-state index in [2.05, 4.69) is 20.6 Å². The number of carbonyl (C=O) groups is 1. The molecular weight excluding hydrogens is 276 g/mol. The van der Waals surface area contributed by atoms with Gasteiger partial charge in [-0.15, -0.1) is 0 Å². The molecule has 0 unspecified atom stereocenters. The Bertz CT molecular complexity index is 626. The molecule has 1 aliphatic rings. The molecule has 0 radical (unpaired) electrons. The van der Waals surface area contributed by atoms with Gasteiger partial charge in [0.05, 0.1) is 0 Å². The molecule has 0 atom stereocenters. The SMILES string of the molecule is O=C(NCCCNc1ccnc(C2CC2)n1)c1ccccc1. The molecule has 0 aliphatic heterocycles. The van der Waals surface area contributed by atoms with Gasteiger partial charge >= 0.3 is 0 Å². The minimum absolute atomic E-state index is 0.0290. The maximum absolute atomic E-state index is 11.9. The van der Waals surface area contributed by atoms with Crippen molar-refractivity contribution in [1.82, 2.24) is 15.3 Å². The second-order valence-electron chi connectivity index (χ2n) is 5.48. The Balaban J connectivity index is 1.37. The zero-order valence-electron chi connectivity index (χ0n) is 12.5. The second kappa shape index (κ2) is 7.02. The van der Waals surface area contributed by atoms with Gasteiger partial charge in [-0.25, -0.2) is 9.97 Å². The zero-order valence-corrected chi connectivity index (χ0v) is 12.5. The smallest absolute Gasteiger partial charge is 0.251 e. The third-order valence-electron chi connectivity index (χ3n) is 3.60. The van der Waals surface area contributed by atoms with Gasteiger partial charge in [0.15, 0.2) is 0 Å². The highest BCUT2D eigenvalue weighted by Crippen LogP contribution is 2.37. The van der Waals surface area contributed by atoms with Crippen molar-refractivity contribution in [1.29, 1.82) is 0 Å². The van der Waals surface area contributed by atoms with Crippen molar-refractivity contribution in [2.75, 3.05) is 18.4 Å². The van der Waals surface area contributed by atoms with Gasteiger partial charge in [0.2, 0.25) is 0 Å². The molecule has 2 aromatic rings. The summed E-state index contributed by atoms with van der Waals surface area (Å²) in [6.07, 6.45) is 5.06. The van der Waals surface area contributed by atoms with Gasteiger partial charge in [-0.1, -0.05) is 18.2 Å². The lowest BCUT2D eigenvalue weighted by Gasteiger charge is -2.08. The van der Waals surface area contributed by atoms with E-state index in [0.717, 1.165) is 24.6 Å². The fourth-order valence-corrected chi connectivity index (χ4v) is 2.21. The summed E-state index contributed by atoms with van der Waals surface area (Å²) >= 11 is 0. The van der Waals surface area contributed by atoms with Crippen molar-refractivity contribution in [3.63, 3.8) is 0 Å². The number of anilines is 1. The van der Waals surface area contributed by atoms with E-state index < -0.39 is 0 Å². The monoisotopic (exact) mass is 296 g/mol. The third kappa shape index (κ3) is 4.04. The van der Waals surface area contributed by atoms with Crippen molar-refractivity contribution in [2.45, 2.75) is 25.2 Å². The largest absolute Gasteiger partial charge is 0.370 e. The lowest BCUT2D eigenvalue weighted by atomic mass is 10.2. The molecule has 2 N–H and O–H groups in total. The van der Waals surface area contributed by atoms with Gasteiger partial charge in [0, 0.05) is 30.8 Å². The maximum atomic E-state index is 11.9. The molecule has 0 spiro atoms. The minimum atomic E-state index is -0.0290. The first-order valence-electron chi connectivity index (χ1n) is 7.73. The topological polar surface area (TPSA) is 66.9 Å². The molecule has 1 aliphatic carbocycles. The molecule has 5 heteroatoms. The predicted octanol–water partition coefficient (Wildman–Crippen LogP) is 2.59. The number of hydrogen-bond donors (Lipinski definition) is 2. The summed E-state index contributed by atoms with van der Waals surface area (Å²) in [5, 5.41) is 6.19. The van der Waals surface area contributed by atoms with Crippen molar-refractivity contribution in [2.24, 2.45) is 0 Å². The van der Waals surface area contributed by atoms with Crippen LogP contribution < -0.4 is 10.6 Å². The van der Waals surface area contributed by atoms with Crippen LogP contribution in [-0.4, -0.2) is 29.0 Å². The highest BCUT2D eigenvalue weighted by molar-refractivity contribution is 5.94. The predicted molar refractivity (Wildman–Crippen MR) is 85.9 cm³/mol. The van der Waals surface area contributed by atoms with Crippen molar-refractivity contribution >= 4 is 11.7 Å². The van der Waals surface area contributed by atoms with Crippen LogP contribution in [0.1, 0.15) is 41.4 Å². The van der Waals surface area contributed by atoms with Crippen molar-refractivity contribution in [3.8, 4) is 0 Å². The van der Waals surface area contributed by atoms with Crippen LogP contribution in [0.25, 0.3) is 0 Å². The van der Waals surface area contributed by atoms with E-state index in [4.69, 9.17) is 0 Å². The highest BCUT2D eigenvalue weighted by atomic mass is 16.1. The molecule has 114 valence electrons. The number of nitrogens with zero attached hydrogens (tertiary/aromatic N) is 2. The third-order valence-corrected chi connectivity index (χ3v) is 3.60. The fraction of sp³-hybridized carbons (Fsp3) is 0.353. The first-order chi connectivity index (χ1) is 10.8. The van der Waals surface area contributed by atoms with Crippen LogP contribution in [0.2, 0.25) is 0 Å². The number of aromatic nitrogens is 2. The van der Waals surface area contributed by atoms with Crippen LogP contribution in [0.3, 0.4) is 0 Å². The van der Waals surface area contributed by atoms with Crippen LogP contribution in [-0.2, 0) is 0 Å². The van der Waals surface area contributed by atoms with Gasteiger partial charge in [0.25, 0.3) is 5.91 Å². The molecule has 22 heavy (non-hydrogen) atoms. The summed E-state index contributed by atoms with van der Waals surface area (Å²) in [7, 11) is 0. The molecule has 1 amide bonds. The van der Waals surface area contributed by atoms with Gasteiger partial charge < -0.3 is 10.6 Å². The highest BCUT2D eigenvalue weighted by Gasteiger charge is 2.26. The van der Waals surface area contributed by atoms with E-state index in [-0.39, 0.29) is 5.91 Å². The van der Waals surface area contributed by atoms with E-state index in [1.54, 1.807) is 6.20 Å². The average molecular weight is 296 g/mol. The maximum Gasteiger partial charge on any atom is 0.251 e. The Kier molecular flexibility index (Phi) is 4.63. The number of rotatable bonds is 7. The van der Waals surface area contributed by atoms with Crippen molar-refractivity contribution in [3.05, 3.63) is 54.0 Å². The molecule has 1 aromatic carbocycles. The van der Waals surface area contributed by atoms with Crippen LogP contribution in [0.15, 0.2) is 42.6 Å². The first-order valence-corrected chi connectivity index (χ1v) is 7.73. The Labute approximate surface area is 130 Å². The lowest BCUT2D eigenvalue weighted by Crippen LogP contribution is -2.25.